The highest BCUT2D eigenvalue weighted by Crippen LogP contribution is 2.35. The van der Waals surface area contributed by atoms with Gasteiger partial charge in [0.2, 0.25) is 12.7 Å². The van der Waals surface area contributed by atoms with Crippen molar-refractivity contribution in [3.05, 3.63) is 54.6 Å². The van der Waals surface area contributed by atoms with Crippen molar-refractivity contribution < 1.29 is 19.0 Å². The average molecular weight is 432 g/mol. The number of piperidine rings is 1. The molecule has 1 N–H and O–H groups in total. The fourth-order valence-electron chi connectivity index (χ4n) is 4.08. The van der Waals surface area contributed by atoms with Crippen molar-refractivity contribution in [2.24, 2.45) is 5.92 Å². The van der Waals surface area contributed by atoms with Gasteiger partial charge in [-0.25, -0.2) is 0 Å². The van der Waals surface area contributed by atoms with Gasteiger partial charge in [0.1, 0.15) is 5.75 Å². The number of benzene rings is 2. The first-order valence-electron chi connectivity index (χ1n) is 10.6. The van der Waals surface area contributed by atoms with Crippen molar-refractivity contribution >= 4 is 17.4 Å². The van der Waals surface area contributed by atoms with E-state index in [9.17, 15) is 4.79 Å². The SMILES string of the molecule is COc1ccccc1-c1ccc(N2CCC(C(=O)Nc3ccc4c(c3)OCO4)CC2)nn1. The molecule has 1 fully saturated rings. The molecule has 2 aromatic carbocycles. The highest BCUT2D eigenvalue weighted by atomic mass is 16.7. The summed E-state index contributed by atoms with van der Waals surface area (Å²) in [6.07, 6.45) is 1.51. The molecule has 1 amide bonds. The third-order valence-corrected chi connectivity index (χ3v) is 5.86. The molecule has 3 heterocycles. The maximum Gasteiger partial charge on any atom is 0.231 e. The Morgan fingerprint density at radius 1 is 1.03 bits per heavy atom. The number of para-hydroxylation sites is 1. The van der Waals surface area contributed by atoms with E-state index in [0.29, 0.717) is 11.5 Å². The smallest absolute Gasteiger partial charge is 0.231 e. The summed E-state index contributed by atoms with van der Waals surface area (Å²) in [5.41, 5.74) is 2.40. The molecule has 1 aromatic heterocycles. The summed E-state index contributed by atoms with van der Waals surface area (Å²) >= 11 is 0. The van der Waals surface area contributed by atoms with Crippen molar-refractivity contribution in [1.29, 1.82) is 0 Å². The van der Waals surface area contributed by atoms with Gasteiger partial charge >= 0.3 is 0 Å². The zero-order chi connectivity index (χ0) is 21.9. The fraction of sp³-hybridized carbons (Fsp3) is 0.292. The Balaban J connectivity index is 1.19. The van der Waals surface area contributed by atoms with E-state index in [1.165, 1.54) is 0 Å². The lowest BCUT2D eigenvalue weighted by molar-refractivity contribution is -0.120. The van der Waals surface area contributed by atoms with Crippen LogP contribution in [0.15, 0.2) is 54.6 Å². The van der Waals surface area contributed by atoms with Crippen molar-refractivity contribution in [3.63, 3.8) is 0 Å². The molecule has 8 nitrogen and oxygen atoms in total. The Kier molecular flexibility index (Phi) is 5.49. The van der Waals surface area contributed by atoms with Crippen LogP contribution in [-0.2, 0) is 4.79 Å². The van der Waals surface area contributed by atoms with E-state index in [2.05, 4.69) is 20.4 Å². The number of carbonyl (C=O) groups is 1. The van der Waals surface area contributed by atoms with Gasteiger partial charge in [-0.15, -0.1) is 10.2 Å². The topological polar surface area (TPSA) is 85.8 Å². The zero-order valence-corrected chi connectivity index (χ0v) is 17.8. The third kappa shape index (κ3) is 4.03. The standard InChI is InChI=1S/C24H24N4O4/c1-30-20-5-3-2-4-18(20)19-7-9-23(27-26-19)28-12-10-16(11-13-28)24(29)25-17-6-8-21-22(14-17)32-15-31-21/h2-9,14,16H,10-13,15H2,1H3,(H,25,29). The summed E-state index contributed by atoms with van der Waals surface area (Å²) in [4.78, 5) is 14.9. The number of carbonyl (C=O) groups excluding carboxylic acids is 1. The van der Waals surface area contributed by atoms with E-state index in [1.54, 1.807) is 13.2 Å². The van der Waals surface area contributed by atoms with E-state index < -0.39 is 0 Å². The van der Waals surface area contributed by atoms with Crippen LogP contribution in [0.4, 0.5) is 11.5 Å². The monoisotopic (exact) mass is 432 g/mol. The first-order chi connectivity index (χ1) is 15.7. The van der Waals surface area contributed by atoms with Crippen molar-refractivity contribution in [2.45, 2.75) is 12.8 Å². The lowest BCUT2D eigenvalue weighted by atomic mass is 9.95. The van der Waals surface area contributed by atoms with Crippen LogP contribution in [0.5, 0.6) is 17.2 Å². The number of ether oxygens (including phenoxy) is 3. The summed E-state index contributed by atoms with van der Waals surface area (Å²) in [7, 11) is 1.65. The summed E-state index contributed by atoms with van der Waals surface area (Å²) in [6, 6.07) is 17.1. The van der Waals surface area contributed by atoms with Gasteiger partial charge < -0.3 is 24.4 Å². The second kappa shape index (κ2) is 8.74. The summed E-state index contributed by atoms with van der Waals surface area (Å²) < 4.78 is 16.1. The predicted molar refractivity (Wildman–Crippen MR) is 120 cm³/mol. The van der Waals surface area contributed by atoms with Crippen LogP contribution in [-0.4, -0.2) is 43.1 Å². The van der Waals surface area contributed by atoms with Crippen molar-refractivity contribution in [2.75, 3.05) is 37.2 Å². The Morgan fingerprint density at radius 3 is 2.62 bits per heavy atom. The molecule has 2 aliphatic heterocycles. The van der Waals surface area contributed by atoms with Crippen molar-refractivity contribution in [3.8, 4) is 28.5 Å². The van der Waals surface area contributed by atoms with Gasteiger partial charge in [-0.05, 0) is 49.2 Å². The highest BCUT2D eigenvalue weighted by molar-refractivity contribution is 5.93. The molecule has 2 aliphatic rings. The first kappa shape index (κ1) is 20.1. The number of rotatable bonds is 5. The number of nitrogens with one attached hydrogen (secondary N) is 1. The van der Waals surface area contributed by atoms with Gasteiger partial charge in [0.15, 0.2) is 17.3 Å². The molecule has 164 valence electrons. The number of anilines is 2. The molecule has 1 saturated heterocycles. The summed E-state index contributed by atoms with van der Waals surface area (Å²) in [5, 5.41) is 11.8. The van der Waals surface area contributed by atoms with Crippen LogP contribution in [0.3, 0.4) is 0 Å². The normalized spacial score (nSPS) is 15.5. The molecule has 0 saturated carbocycles. The molecule has 0 aliphatic carbocycles. The molecule has 0 unspecified atom stereocenters. The van der Waals surface area contributed by atoms with Gasteiger partial charge in [-0.3, -0.25) is 4.79 Å². The van der Waals surface area contributed by atoms with Crippen molar-refractivity contribution in [1.82, 2.24) is 10.2 Å². The molecule has 3 aromatic rings. The van der Waals surface area contributed by atoms with E-state index >= 15 is 0 Å². The Hall–Kier alpha value is -3.81. The number of aromatic nitrogens is 2. The maximum absolute atomic E-state index is 12.7. The maximum atomic E-state index is 12.7. The third-order valence-electron chi connectivity index (χ3n) is 5.86. The lowest BCUT2D eigenvalue weighted by Gasteiger charge is -2.31. The highest BCUT2D eigenvalue weighted by Gasteiger charge is 2.26. The van der Waals surface area contributed by atoms with Crippen LogP contribution in [0.2, 0.25) is 0 Å². The predicted octanol–water partition coefficient (Wildman–Crippen LogP) is 3.74. The molecule has 32 heavy (non-hydrogen) atoms. The quantitative estimate of drug-likeness (QED) is 0.657. The molecule has 0 atom stereocenters. The first-order valence-corrected chi connectivity index (χ1v) is 10.6. The van der Waals surface area contributed by atoms with Crippen LogP contribution in [0, 0.1) is 5.92 Å². The molecule has 5 rings (SSSR count). The molecule has 0 bridgehead atoms. The van der Waals surface area contributed by atoms with E-state index in [1.807, 2.05) is 48.5 Å². The van der Waals surface area contributed by atoms with Gasteiger partial charge in [-0.1, -0.05) is 12.1 Å². The van der Waals surface area contributed by atoms with Crippen LogP contribution in [0.1, 0.15) is 12.8 Å². The lowest BCUT2D eigenvalue weighted by Crippen LogP contribution is -2.38. The number of fused-ring (bicyclic) bond motifs is 1. The van der Waals surface area contributed by atoms with E-state index in [0.717, 1.165) is 54.4 Å². The fourth-order valence-corrected chi connectivity index (χ4v) is 4.08. The van der Waals surface area contributed by atoms with Gasteiger partial charge in [0, 0.05) is 36.3 Å². The Bertz CT molecular complexity index is 1110. The minimum Gasteiger partial charge on any atom is -0.496 e. The minimum atomic E-state index is -0.0440. The van der Waals surface area contributed by atoms with Crippen LogP contribution >= 0.6 is 0 Å². The van der Waals surface area contributed by atoms with E-state index in [4.69, 9.17) is 14.2 Å². The molecular weight excluding hydrogens is 408 g/mol. The number of hydrogen-bond donors (Lipinski definition) is 1. The Morgan fingerprint density at radius 2 is 1.84 bits per heavy atom. The number of methoxy groups -OCH3 is 1. The van der Waals surface area contributed by atoms with E-state index in [-0.39, 0.29) is 18.6 Å². The van der Waals surface area contributed by atoms with Crippen LogP contribution in [0.25, 0.3) is 11.3 Å². The van der Waals surface area contributed by atoms with Gasteiger partial charge in [0.25, 0.3) is 0 Å². The molecule has 0 radical (unpaired) electrons. The Labute approximate surface area is 186 Å². The largest absolute Gasteiger partial charge is 0.496 e. The van der Waals surface area contributed by atoms with Gasteiger partial charge in [0.05, 0.1) is 12.8 Å². The second-order valence-corrected chi connectivity index (χ2v) is 7.80. The summed E-state index contributed by atoms with van der Waals surface area (Å²) in [5.74, 6) is 2.93. The average Bonchev–Trinajstić information content (AvgIpc) is 3.32. The second-order valence-electron chi connectivity index (χ2n) is 7.80. The number of amides is 1. The summed E-state index contributed by atoms with van der Waals surface area (Å²) in [6.45, 7) is 1.72. The minimum absolute atomic E-state index is 0.0288. The molecular formula is C24H24N4O4. The molecule has 8 heteroatoms. The van der Waals surface area contributed by atoms with Crippen LogP contribution < -0.4 is 24.4 Å². The zero-order valence-electron chi connectivity index (χ0n) is 17.8. The number of nitrogens with zero attached hydrogens (tertiary/aromatic N) is 3. The number of hydrogen-bond acceptors (Lipinski definition) is 7. The molecule has 0 spiro atoms. The van der Waals surface area contributed by atoms with Gasteiger partial charge in [-0.2, -0.15) is 0 Å².